The second kappa shape index (κ2) is 4.75. The van der Waals surface area contributed by atoms with E-state index < -0.39 is 4.92 Å². The maximum Gasteiger partial charge on any atom is 0.271 e. The highest BCUT2D eigenvalue weighted by Crippen LogP contribution is 2.18. The molecule has 0 fully saturated rings. The molecule has 0 atom stereocenters. The maximum atomic E-state index is 11.7. The second-order valence-electron chi connectivity index (χ2n) is 3.27. The Bertz CT molecular complexity index is 552. The Hall–Kier alpha value is -2.21. The molecular formula is C11H8N2O3S. The SMILES string of the molecule is O=C(Nc1cccc([N+](=O)[O-])c1)c1ccsc1. The minimum absolute atomic E-state index is 0.0480. The number of benzene rings is 1. The number of nitrogens with one attached hydrogen (secondary N) is 1. The fourth-order valence-corrected chi connectivity index (χ4v) is 1.93. The number of amides is 1. The monoisotopic (exact) mass is 248 g/mol. The Kier molecular flexibility index (Phi) is 3.15. The van der Waals surface area contributed by atoms with Crippen molar-refractivity contribution in [1.29, 1.82) is 0 Å². The first-order valence-corrected chi connectivity index (χ1v) is 5.69. The van der Waals surface area contributed by atoms with E-state index in [-0.39, 0.29) is 11.6 Å². The fourth-order valence-electron chi connectivity index (χ4n) is 1.29. The molecule has 86 valence electrons. The molecule has 6 heteroatoms. The lowest BCUT2D eigenvalue weighted by Crippen LogP contribution is -2.10. The molecular weight excluding hydrogens is 240 g/mol. The van der Waals surface area contributed by atoms with Crippen molar-refractivity contribution in [3.8, 4) is 0 Å². The number of nitrogens with zero attached hydrogens (tertiary/aromatic N) is 1. The van der Waals surface area contributed by atoms with Gasteiger partial charge >= 0.3 is 0 Å². The molecule has 1 amide bonds. The van der Waals surface area contributed by atoms with Crippen LogP contribution in [0.3, 0.4) is 0 Å². The number of hydrogen-bond acceptors (Lipinski definition) is 4. The summed E-state index contributed by atoms with van der Waals surface area (Å²) in [5.41, 5.74) is 0.907. The molecule has 0 saturated heterocycles. The molecule has 1 N–H and O–H groups in total. The number of rotatable bonds is 3. The van der Waals surface area contributed by atoms with Crippen molar-refractivity contribution in [3.05, 3.63) is 56.8 Å². The number of nitro groups is 1. The van der Waals surface area contributed by atoms with E-state index in [1.807, 2.05) is 0 Å². The van der Waals surface area contributed by atoms with Crippen LogP contribution in [0.25, 0.3) is 0 Å². The predicted octanol–water partition coefficient (Wildman–Crippen LogP) is 2.91. The molecule has 1 aromatic heterocycles. The van der Waals surface area contributed by atoms with Crippen LogP contribution in [0.5, 0.6) is 0 Å². The first-order valence-electron chi connectivity index (χ1n) is 4.75. The van der Waals surface area contributed by atoms with Gasteiger partial charge in [-0.2, -0.15) is 11.3 Å². The second-order valence-corrected chi connectivity index (χ2v) is 4.05. The molecule has 0 bridgehead atoms. The topological polar surface area (TPSA) is 72.2 Å². The van der Waals surface area contributed by atoms with Crippen molar-refractivity contribution < 1.29 is 9.72 Å². The number of thiophene rings is 1. The zero-order valence-corrected chi connectivity index (χ0v) is 9.44. The summed E-state index contributed by atoms with van der Waals surface area (Å²) >= 11 is 1.42. The lowest BCUT2D eigenvalue weighted by atomic mass is 10.2. The molecule has 2 rings (SSSR count). The van der Waals surface area contributed by atoms with Crippen molar-refractivity contribution >= 4 is 28.6 Å². The molecule has 0 spiro atoms. The number of non-ortho nitro benzene ring substituents is 1. The van der Waals surface area contributed by atoms with E-state index in [4.69, 9.17) is 0 Å². The standard InChI is InChI=1S/C11H8N2O3S/c14-11(8-4-5-17-7-8)12-9-2-1-3-10(6-9)13(15)16/h1-7H,(H,12,14). The van der Waals surface area contributed by atoms with Crippen LogP contribution in [-0.2, 0) is 0 Å². The van der Waals surface area contributed by atoms with Crippen LogP contribution in [0.2, 0.25) is 0 Å². The predicted molar refractivity (Wildman–Crippen MR) is 65.4 cm³/mol. The minimum atomic E-state index is -0.500. The zero-order chi connectivity index (χ0) is 12.3. The van der Waals surface area contributed by atoms with E-state index in [0.717, 1.165) is 0 Å². The number of nitro benzene ring substituents is 1. The van der Waals surface area contributed by atoms with Gasteiger partial charge in [-0.05, 0) is 17.5 Å². The van der Waals surface area contributed by atoms with E-state index in [0.29, 0.717) is 11.3 Å². The number of carbonyl (C=O) groups excluding carboxylic acids is 1. The molecule has 0 unspecified atom stereocenters. The largest absolute Gasteiger partial charge is 0.322 e. The highest BCUT2D eigenvalue weighted by Gasteiger charge is 2.09. The van der Waals surface area contributed by atoms with Crippen molar-refractivity contribution in [1.82, 2.24) is 0 Å². The van der Waals surface area contributed by atoms with Gasteiger partial charge in [0.2, 0.25) is 0 Å². The highest BCUT2D eigenvalue weighted by molar-refractivity contribution is 7.08. The summed E-state index contributed by atoms with van der Waals surface area (Å²) in [6.07, 6.45) is 0. The number of hydrogen-bond donors (Lipinski definition) is 1. The van der Waals surface area contributed by atoms with Crippen molar-refractivity contribution in [2.45, 2.75) is 0 Å². The van der Waals surface area contributed by atoms with Crippen LogP contribution in [-0.4, -0.2) is 10.8 Å². The highest BCUT2D eigenvalue weighted by atomic mass is 32.1. The molecule has 2 aromatic rings. The van der Waals surface area contributed by atoms with Gasteiger partial charge in [-0.15, -0.1) is 0 Å². The summed E-state index contributed by atoms with van der Waals surface area (Å²) in [5, 5.41) is 16.7. The van der Waals surface area contributed by atoms with E-state index >= 15 is 0 Å². The molecule has 1 aromatic carbocycles. The van der Waals surface area contributed by atoms with E-state index in [2.05, 4.69) is 5.32 Å². The summed E-state index contributed by atoms with van der Waals surface area (Å²) in [5.74, 6) is -0.272. The smallest absolute Gasteiger partial charge is 0.271 e. The summed E-state index contributed by atoms with van der Waals surface area (Å²) in [6, 6.07) is 7.53. The molecule has 0 aliphatic heterocycles. The van der Waals surface area contributed by atoms with Gasteiger partial charge in [0, 0.05) is 23.2 Å². The van der Waals surface area contributed by atoms with Gasteiger partial charge in [-0.25, -0.2) is 0 Å². The van der Waals surface area contributed by atoms with E-state index in [1.165, 1.54) is 29.5 Å². The third-order valence-corrected chi connectivity index (χ3v) is 2.78. The van der Waals surface area contributed by atoms with Crippen LogP contribution in [0, 0.1) is 10.1 Å². The van der Waals surface area contributed by atoms with Gasteiger partial charge in [0.1, 0.15) is 0 Å². The third-order valence-electron chi connectivity index (χ3n) is 2.10. The Balaban J connectivity index is 2.16. The first kappa shape index (κ1) is 11.3. The summed E-state index contributed by atoms with van der Waals surface area (Å²) in [6.45, 7) is 0. The maximum absolute atomic E-state index is 11.7. The van der Waals surface area contributed by atoms with Crippen LogP contribution in [0.15, 0.2) is 41.1 Å². The summed E-state index contributed by atoms with van der Waals surface area (Å²) < 4.78 is 0. The van der Waals surface area contributed by atoms with Crippen LogP contribution in [0.4, 0.5) is 11.4 Å². The average molecular weight is 248 g/mol. The van der Waals surface area contributed by atoms with Crippen molar-refractivity contribution in [3.63, 3.8) is 0 Å². The Labute approximate surface area is 101 Å². The van der Waals surface area contributed by atoms with Gasteiger partial charge < -0.3 is 5.32 Å². The van der Waals surface area contributed by atoms with Crippen LogP contribution in [0.1, 0.15) is 10.4 Å². The summed E-state index contributed by atoms with van der Waals surface area (Å²) in [7, 11) is 0. The van der Waals surface area contributed by atoms with Gasteiger partial charge in [-0.1, -0.05) is 6.07 Å². The molecule has 0 saturated carbocycles. The molecule has 0 aliphatic carbocycles. The van der Waals surface area contributed by atoms with E-state index in [9.17, 15) is 14.9 Å². The molecule has 5 nitrogen and oxygen atoms in total. The van der Waals surface area contributed by atoms with Crippen molar-refractivity contribution in [2.24, 2.45) is 0 Å². The fraction of sp³-hybridized carbons (Fsp3) is 0. The van der Waals surface area contributed by atoms with Gasteiger partial charge in [0.05, 0.1) is 10.5 Å². The van der Waals surface area contributed by atoms with Gasteiger partial charge in [-0.3, -0.25) is 14.9 Å². The van der Waals surface area contributed by atoms with E-state index in [1.54, 1.807) is 22.9 Å². The molecule has 1 heterocycles. The third kappa shape index (κ3) is 2.67. The quantitative estimate of drug-likeness (QED) is 0.670. The lowest BCUT2D eigenvalue weighted by Gasteiger charge is -2.02. The zero-order valence-electron chi connectivity index (χ0n) is 8.62. The molecule has 17 heavy (non-hydrogen) atoms. The first-order chi connectivity index (χ1) is 8.16. The van der Waals surface area contributed by atoms with Crippen molar-refractivity contribution in [2.75, 3.05) is 5.32 Å². The normalized spacial score (nSPS) is 9.88. The minimum Gasteiger partial charge on any atom is -0.322 e. The Morgan fingerprint density at radius 1 is 1.35 bits per heavy atom. The number of anilines is 1. The Morgan fingerprint density at radius 2 is 2.18 bits per heavy atom. The van der Waals surface area contributed by atoms with Crippen LogP contribution >= 0.6 is 11.3 Å². The number of carbonyl (C=O) groups is 1. The summed E-state index contributed by atoms with van der Waals surface area (Å²) in [4.78, 5) is 21.7. The van der Waals surface area contributed by atoms with Crippen LogP contribution < -0.4 is 5.32 Å². The van der Waals surface area contributed by atoms with Gasteiger partial charge in [0.15, 0.2) is 0 Å². The molecule has 0 aliphatic rings. The lowest BCUT2D eigenvalue weighted by molar-refractivity contribution is -0.384. The average Bonchev–Trinajstić information content (AvgIpc) is 2.82. The van der Waals surface area contributed by atoms with Gasteiger partial charge in [0.25, 0.3) is 11.6 Å². The Morgan fingerprint density at radius 3 is 2.82 bits per heavy atom. The molecule has 0 radical (unpaired) electrons.